The molecule has 0 radical (unpaired) electrons. The van der Waals surface area contributed by atoms with Gasteiger partial charge in [0.25, 0.3) is 0 Å². The number of unbranched alkanes of at least 4 members (excludes halogenated alkanes) is 2. The summed E-state index contributed by atoms with van der Waals surface area (Å²) in [5.74, 6) is 0. The monoisotopic (exact) mass is 516 g/mol. The van der Waals surface area contributed by atoms with Crippen molar-refractivity contribution in [3.05, 3.63) is 84.0 Å². The second kappa shape index (κ2) is 17.9. The molecule has 0 amide bonds. The van der Waals surface area contributed by atoms with Crippen LogP contribution in [0.5, 0.6) is 0 Å². The van der Waals surface area contributed by atoms with Gasteiger partial charge in [0.2, 0.25) is 0 Å². The van der Waals surface area contributed by atoms with Crippen molar-refractivity contribution in [2.45, 2.75) is 65.2 Å². The minimum Gasteiger partial charge on any atom is -1.00 e. The minimum absolute atomic E-state index is 0. The van der Waals surface area contributed by atoms with Crippen molar-refractivity contribution in [1.29, 1.82) is 0 Å². The molecule has 0 N–H and O–H groups in total. The first kappa shape index (κ1) is 29.3. The Balaban J connectivity index is 0.000000444. The first-order chi connectivity index (χ1) is 13.8. The molecule has 0 spiro atoms. The summed E-state index contributed by atoms with van der Waals surface area (Å²) in [7, 11) is 0. The molecular formula is C27H32Cl2Zr-2. The number of benzene rings is 2. The largest absolute Gasteiger partial charge is 1.00 e. The normalized spacial score (nSPS) is 11.6. The van der Waals surface area contributed by atoms with Gasteiger partial charge >= 0.3 is 79.8 Å². The number of fused-ring (bicyclic) bond motifs is 3. The molecular weight excluding hydrogens is 486 g/mol. The van der Waals surface area contributed by atoms with Crippen LogP contribution < -0.4 is 24.8 Å². The Morgan fingerprint density at radius 2 is 1.60 bits per heavy atom. The standard InChI is InChI=1S/C13H9.C9H18.C5H5.2ClH.Zr/c1-3-7-12-10(5-1)9-11-6-2-4-8-13(11)12;1-3-5-7-9-8-6-4-2;1-2-4-5-3-1;;;/h1-5,7-8H,9H2;3-8H2,1-2H3;1-3H,4H2;2*1H;/q-1;;-1;;;+2/p-2. The van der Waals surface area contributed by atoms with Gasteiger partial charge in [0.1, 0.15) is 0 Å². The fourth-order valence-electron chi connectivity index (χ4n) is 3.24. The predicted octanol–water partition coefficient (Wildman–Crippen LogP) is 1.46. The van der Waals surface area contributed by atoms with E-state index in [4.69, 9.17) is 0 Å². The third-order valence-electron chi connectivity index (χ3n) is 4.87. The number of hydrogen-bond acceptors (Lipinski definition) is 0. The van der Waals surface area contributed by atoms with Crippen LogP contribution in [-0.4, -0.2) is 3.21 Å². The van der Waals surface area contributed by atoms with E-state index in [1.165, 1.54) is 60.8 Å². The predicted molar refractivity (Wildman–Crippen MR) is 119 cm³/mol. The average Bonchev–Trinajstić information content (AvgIpc) is 3.42. The molecule has 0 fully saturated rings. The molecule has 0 bridgehead atoms. The molecule has 0 aliphatic heterocycles. The molecule has 2 aliphatic carbocycles. The van der Waals surface area contributed by atoms with Gasteiger partial charge in [-0.05, 0) is 6.42 Å². The molecule has 2 aliphatic rings. The summed E-state index contributed by atoms with van der Waals surface area (Å²) in [4.78, 5) is 0. The maximum atomic E-state index is 3.30. The molecule has 0 atom stereocenters. The SMILES string of the molecule is CCCC[C](=[Zr+2])CCCC.[C-]1=CC=CC1.[Cl-].[Cl-].[c-]1cccc2c1Cc1ccccc1-2. The fraction of sp³-hybridized carbons (Fsp3) is 0.370. The van der Waals surface area contributed by atoms with E-state index < -0.39 is 0 Å². The van der Waals surface area contributed by atoms with Crippen LogP contribution >= 0.6 is 0 Å². The second-order valence-corrected chi connectivity index (χ2v) is 8.95. The van der Waals surface area contributed by atoms with E-state index in [9.17, 15) is 0 Å². The Morgan fingerprint density at radius 1 is 0.933 bits per heavy atom. The Bertz CT molecular complexity index is 729. The maximum Gasteiger partial charge on any atom is -0.0253 e. The average molecular weight is 519 g/mol. The molecule has 4 rings (SSSR count). The smallest absolute Gasteiger partial charge is 0.0253 e. The van der Waals surface area contributed by atoms with Crippen LogP contribution in [0.2, 0.25) is 0 Å². The van der Waals surface area contributed by atoms with Crippen LogP contribution in [0.15, 0.2) is 60.7 Å². The van der Waals surface area contributed by atoms with Gasteiger partial charge < -0.3 is 24.8 Å². The Labute approximate surface area is 211 Å². The summed E-state index contributed by atoms with van der Waals surface area (Å²) >= 11 is 1.67. The zero-order chi connectivity index (χ0) is 20.0. The summed E-state index contributed by atoms with van der Waals surface area (Å²) in [5, 5.41) is 0. The Kier molecular flexibility index (Phi) is 17.4. The molecule has 2 aromatic rings. The second-order valence-electron chi connectivity index (χ2n) is 7.21. The van der Waals surface area contributed by atoms with Crippen LogP contribution in [0.1, 0.15) is 69.9 Å². The Hall–Kier alpha value is -0.747. The topological polar surface area (TPSA) is 0 Å². The Morgan fingerprint density at radius 3 is 2.17 bits per heavy atom. The zero-order valence-electron chi connectivity index (χ0n) is 18.2. The molecule has 3 heteroatoms. The molecule has 0 nitrogen and oxygen atoms in total. The van der Waals surface area contributed by atoms with Gasteiger partial charge in [0.05, 0.1) is 0 Å². The van der Waals surface area contributed by atoms with Gasteiger partial charge in [-0.2, -0.15) is 35.9 Å². The molecule has 2 aromatic carbocycles. The molecule has 0 saturated carbocycles. The van der Waals surface area contributed by atoms with Crippen LogP contribution in [0.3, 0.4) is 0 Å². The van der Waals surface area contributed by atoms with Crippen molar-refractivity contribution in [2.24, 2.45) is 0 Å². The van der Waals surface area contributed by atoms with E-state index in [0.717, 1.165) is 12.8 Å². The van der Waals surface area contributed by atoms with E-state index in [0.29, 0.717) is 0 Å². The van der Waals surface area contributed by atoms with Crippen molar-refractivity contribution in [2.75, 3.05) is 0 Å². The van der Waals surface area contributed by atoms with Crippen LogP contribution in [0.25, 0.3) is 11.1 Å². The van der Waals surface area contributed by atoms with Gasteiger partial charge in [-0.25, -0.2) is 12.2 Å². The fourth-order valence-corrected chi connectivity index (χ4v) is 4.11. The first-order valence-corrected chi connectivity index (χ1v) is 11.8. The summed E-state index contributed by atoms with van der Waals surface area (Å²) in [6.07, 6.45) is 19.4. The third kappa shape index (κ3) is 10.5. The first-order valence-electron chi connectivity index (χ1n) is 10.6. The summed E-state index contributed by atoms with van der Waals surface area (Å²) in [6.45, 7) is 4.53. The molecule has 0 saturated heterocycles. The van der Waals surface area contributed by atoms with Gasteiger partial charge in [-0.1, -0.05) is 35.4 Å². The molecule has 0 aromatic heterocycles. The summed E-state index contributed by atoms with van der Waals surface area (Å²) in [6, 6.07) is 18.1. The van der Waals surface area contributed by atoms with Crippen molar-refractivity contribution in [3.63, 3.8) is 0 Å². The number of hydrogen-bond donors (Lipinski definition) is 0. The van der Waals surface area contributed by atoms with Crippen molar-refractivity contribution in [1.82, 2.24) is 0 Å². The van der Waals surface area contributed by atoms with Crippen LogP contribution in [-0.2, 0) is 30.7 Å². The zero-order valence-corrected chi connectivity index (χ0v) is 22.2. The minimum atomic E-state index is 0. The van der Waals surface area contributed by atoms with E-state index >= 15 is 0 Å². The summed E-state index contributed by atoms with van der Waals surface area (Å²) < 4.78 is 1.79. The van der Waals surface area contributed by atoms with Crippen molar-refractivity contribution in [3.8, 4) is 11.1 Å². The van der Waals surface area contributed by atoms with Gasteiger partial charge in [-0.3, -0.25) is 6.08 Å². The van der Waals surface area contributed by atoms with E-state index in [1.54, 1.807) is 27.4 Å². The number of halogens is 2. The van der Waals surface area contributed by atoms with Gasteiger partial charge in [0, 0.05) is 0 Å². The van der Waals surface area contributed by atoms with Gasteiger partial charge in [-0.15, -0.1) is 12.0 Å². The van der Waals surface area contributed by atoms with E-state index in [-0.39, 0.29) is 24.8 Å². The molecule has 0 heterocycles. The quantitative estimate of drug-likeness (QED) is 0.434. The van der Waals surface area contributed by atoms with E-state index in [1.807, 2.05) is 18.2 Å². The third-order valence-corrected chi connectivity index (χ3v) is 6.10. The van der Waals surface area contributed by atoms with Crippen LogP contribution in [0, 0.1) is 12.1 Å². The van der Waals surface area contributed by atoms with E-state index in [2.05, 4.69) is 68.5 Å². The molecule has 30 heavy (non-hydrogen) atoms. The summed E-state index contributed by atoms with van der Waals surface area (Å²) in [5.41, 5.74) is 5.51. The number of rotatable bonds is 6. The number of allylic oxidation sites excluding steroid dienone is 4. The molecule has 0 unspecified atom stereocenters. The van der Waals surface area contributed by atoms with Gasteiger partial charge in [0.15, 0.2) is 0 Å². The molecule has 160 valence electrons. The van der Waals surface area contributed by atoms with Crippen molar-refractivity contribution >= 4 is 3.21 Å². The maximum absolute atomic E-state index is 3.30. The van der Waals surface area contributed by atoms with Crippen LogP contribution in [0.4, 0.5) is 0 Å². The van der Waals surface area contributed by atoms with Crippen molar-refractivity contribution < 1.29 is 49.0 Å².